The largest absolute Gasteiger partial charge is 0.418 e. The van der Waals surface area contributed by atoms with Gasteiger partial charge in [0.25, 0.3) is 0 Å². The summed E-state index contributed by atoms with van der Waals surface area (Å²) in [6, 6.07) is 13.7. The van der Waals surface area contributed by atoms with Crippen LogP contribution in [-0.4, -0.2) is 36.5 Å². The van der Waals surface area contributed by atoms with Crippen LogP contribution in [0.1, 0.15) is 5.56 Å². The van der Waals surface area contributed by atoms with Gasteiger partial charge >= 0.3 is 12.2 Å². The van der Waals surface area contributed by atoms with E-state index < -0.39 is 27.8 Å². The summed E-state index contributed by atoms with van der Waals surface area (Å²) in [6.45, 7) is -0.189. The third-order valence-corrected chi connectivity index (χ3v) is 5.28. The molecule has 3 aromatic rings. The summed E-state index contributed by atoms with van der Waals surface area (Å²) in [4.78, 5) is 12.0. The highest BCUT2D eigenvalue weighted by Crippen LogP contribution is 2.33. The number of rotatable bonds is 7. The number of nitrogens with zero attached hydrogens (tertiary/aromatic N) is 2. The van der Waals surface area contributed by atoms with Crippen molar-refractivity contribution in [1.82, 2.24) is 15.1 Å². The van der Waals surface area contributed by atoms with Crippen LogP contribution in [0, 0.1) is 0 Å². The number of anilines is 2. The summed E-state index contributed by atoms with van der Waals surface area (Å²) in [7, 11) is -3.67. The predicted molar refractivity (Wildman–Crippen MR) is 109 cm³/mol. The minimum atomic E-state index is -4.56. The first-order valence-corrected chi connectivity index (χ1v) is 10.6. The van der Waals surface area contributed by atoms with E-state index in [2.05, 4.69) is 20.5 Å². The van der Waals surface area contributed by atoms with Crippen LogP contribution >= 0.6 is 0 Å². The predicted octanol–water partition coefficient (Wildman–Crippen LogP) is 3.45. The molecule has 3 N–H and O–H groups in total. The van der Waals surface area contributed by atoms with Crippen molar-refractivity contribution >= 4 is 27.6 Å². The molecule has 0 aliphatic heterocycles. The van der Waals surface area contributed by atoms with Gasteiger partial charge in [-0.25, -0.2) is 17.9 Å². The zero-order chi connectivity index (χ0) is 22.5. The molecular formula is C19H18F3N5O3S. The van der Waals surface area contributed by atoms with Gasteiger partial charge in [-0.15, -0.1) is 5.10 Å². The highest BCUT2D eigenvalue weighted by molar-refractivity contribution is 7.92. The van der Waals surface area contributed by atoms with E-state index in [9.17, 15) is 26.4 Å². The molecule has 12 heteroatoms. The summed E-state index contributed by atoms with van der Waals surface area (Å²) in [5.41, 5.74) is -0.664. The Labute approximate surface area is 176 Å². The lowest BCUT2D eigenvalue weighted by Crippen LogP contribution is -2.34. The smallest absolute Gasteiger partial charge is 0.337 e. The van der Waals surface area contributed by atoms with Gasteiger partial charge in [-0.3, -0.25) is 10.0 Å². The highest BCUT2D eigenvalue weighted by atomic mass is 32.2. The maximum atomic E-state index is 13.1. The molecule has 0 saturated heterocycles. The summed E-state index contributed by atoms with van der Waals surface area (Å²) in [6.07, 6.45) is -3.29. The van der Waals surface area contributed by atoms with Crippen LogP contribution in [0.2, 0.25) is 0 Å². The Morgan fingerprint density at radius 2 is 1.68 bits per heavy atom. The normalized spacial score (nSPS) is 11.7. The Hall–Kier alpha value is -3.54. The van der Waals surface area contributed by atoms with Crippen molar-refractivity contribution < 1.29 is 26.4 Å². The van der Waals surface area contributed by atoms with Crippen LogP contribution in [0.25, 0.3) is 5.69 Å². The van der Waals surface area contributed by atoms with Crippen molar-refractivity contribution in [2.75, 3.05) is 22.3 Å². The fourth-order valence-corrected chi connectivity index (χ4v) is 3.60. The van der Waals surface area contributed by atoms with E-state index in [1.54, 1.807) is 30.3 Å². The van der Waals surface area contributed by atoms with Gasteiger partial charge in [0, 0.05) is 24.5 Å². The monoisotopic (exact) mass is 453 g/mol. The van der Waals surface area contributed by atoms with E-state index in [-0.39, 0.29) is 23.8 Å². The number of sulfonamides is 1. The number of alkyl halides is 3. The van der Waals surface area contributed by atoms with E-state index in [1.165, 1.54) is 30.5 Å². The lowest BCUT2D eigenvalue weighted by atomic mass is 10.2. The molecule has 2 amide bonds. The van der Waals surface area contributed by atoms with Gasteiger partial charge in [0.1, 0.15) is 0 Å². The topological polar surface area (TPSA) is 105 Å². The van der Waals surface area contributed by atoms with Crippen LogP contribution in [0.3, 0.4) is 0 Å². The van der Waals surface area contributed by atoms with Crippen molar-refractivity contribution in [2.24, 2.45) is 0 Å². The summed E-state index contributed by atoms with van der Waals surface area (Å²) < 4.78 is 66.9. The number of para-hydroxylation sites is 2. The molecule has 2 aromatic carbocycles. The molecule has 0 radical (unpaired) electrons. The number of urea groups is 1. The van der Waals surface area contributed by atoms with Gasteiger partial charge in [0.2, 0.25) is 10.0 Å². The van der Waals surface area contributed by atoms with Gasteiger partial charge in [0.15, 0.2) is 5.82 Å². The standard InChI is InChI=1S/C19H18F3N5O3S/c20-19(21,22)15-8-4-5-9-16(15)27-12-10-17(25-27)24-18(28)23-11-13-31(29,30)26-14-6-2-1-3-7-14/h1-10,12,26H,11,13H2,(H2,23,24,25,28). The first kappa shape index (κ1) is 22.2. The Morgan fingerprint density at radius 3 is 2.39 bits per heavy atom. The lowest BCUT2D eigenvalue weighted by molar-refractivity contribution is -0.137. The van der Waals surface area contributed by atoms with E-state index in [0.29, 0.717) is 5.69 Å². The summed E-state index contributed by atoms with van der Waals surface area (Å²) in [5, 5.41) is 8.63. The average Bonchev–Trinajstić information content (AvgIpc) is 3.16. The molecular weight excluding hydrogens is 435 g/mol. The van der Waals surface area contributed by atoms with Gasteiger partial charge in [0.05, 0.1) is 17.0 Å². The number of carbonyl (C=O) groups excluding carboxylic acids is 1. The molecule has 164 valence electrons. The number of carbonyl (C=O) groups is 1. The number of amides is 2. The molecule has 0 fully saturated rings. The van der Waals surface area contributed by atoms with Crippen molar-refractivity contribution in [3.63, 3.8) is 0 Å². The number of hydrogen-bond donors (Lipinski definition) is 3. The summed E-state index contributed by atoms with van der Waals surface area (Å²) >= 11 is 0. The molecule has 1 heterocycles. The third-order valence-electron chi connectivity index (χ3n) is 3.99. The van der Waals surface area contributed by atoms with Crippen LogP contribution in [0.15, 0.2) is 66.9 Å². The minimum Gasteiger partial charge on any atom is -0.337 e. The number of hydrogen-bond acceptors (Lipinski definition) is 4. The molecule has 8 nitrogen and oxygen atoms in total. The van der Waals surface area contributed by atoms with Crippen molar-refractivity contribution in [1.29, 1.82) is 0 Å². The number of halogens is 3. The Morgan fingerprint density at radius 1 is 1.00 bits per heavy atom. The van der Waals surface area contributed by atoms with Crippen LogP contribution < -0.4 is 15.4 Å². The van der Waals surface area contributed by atoms with Gasteiger partial charge in [-0.05, 0) is 24.3 Å². The summed E-state index contributed by atoms with van der Waals surface area (Å²) in [5.74, 6) is -0.373. The van der Waals surface area contributed by atoms with E-state index >= 15 is 0 Å². The van der Waals surface area contributed by atoms with Gasteiger partial charge < -0.3 is 5.32 Å². The van der Waals surface area contributed by atoms with Crippen LogP contribution in [-0.2, 0) is 16.2 Å². The highest BCUT2D eigenvalue weighted by Gasteiger charge is 2.33. The van der Waals surface area contributed by atoms with Crippen molar-refractivity contribution in [3.8, 4) is 5.69 Å². The number of benzene rings is 2. The molecule has 3 rings (SSSR count). The first-order valence-electron chi connectivity index (χ1n) is 8.97. The zero-order valence-electron chi connectivity index (χ0n) is 15.9. The molecule has 0 unspecified atom stereocenters. The molecule has 0 spiro atoms. The van der Waals surface area contributed by atoms with Crippen LogP contribution in [0.5, 0.6) is 0 Å². The fourth-order valence-electron chi connectivity index (χ4n) is 2.63. The third kappa shape index (κ3) is 6.22. The SMILES string of the molecule is O=C(NCCS(=O)(=O)Nc1ccccc1)Nc1ccn(-c2ccccc2C(F)(F)F)n1. The van der Waals surface area contributed by atoms with E-state index in [4.69, 9.17) is 0 Å². The minimum absolute atomic E-state index is 0.000236. The van der Waals surface area contributed by atoms with E-state index in [0.717, 1.165) is 10.7 Å². The quantitative estimate of drug-likeness (QED) is 0.510. The molecule has 0 aliphatic carbocycles. The number of aromatic nitrogens is 2. The second-order valence-corrected chi connectivity index (χ2v) is 8.17. The molecule has 0 saturated carbocycles. The van der Waals surface area contributed by atoms with E-state index in [1.807, 2.05) is 0 Å². The lowest BCUT2D eigenvalue weighted by Gasteiger charge is -2.12. The van der Waals surface area contributed by atoms with Gasteiger partial charge in [-0.1, -0.05) is 30.3 Å². The maximum absolute atomic E-state index is 13.1. The first-order chi connectivity index (χ1) is 14.6. The Balaban J connectivity index is 1.55. The maximum Gasteiger partial charge on any atom is 0.418 e. The Kier molecular flexibility index (Phi) is 6.49. The molecule has 0 aliphatic rings. The van der Waals surface area contributed by atoms with Crippen LogP contribution in [0.4, 0.5) is 29.5 Å². The van der Waals surface area contributed by atoms with Crippen molar-refractivity contribution in [3.05, 3.63) is 72.4 Å². The second kappa shape index (κ2) is 9.08. The molecule has 31 heavy (non-hydrogen) atoms. The number of nitrogens with one attached hydrogen (secondary N) is 3. The molecule has 0 bridgehead atoms. The second-order valence-electron chi connectivity index (χ2n) is 6.33. The Bertz CT molecular complexity index is 1150. The van der Waals surface area contributed by atoms with Gasteiger partial charge in [-0.2, -0.15) is 13.2 Å². The zero-order valence-corrected chi connectivity index (χ0v) is 16.7. The molecule has 1 aromatic heterocycles. The average molecular weight is 453 g/mol. The fraction of sp³-hybridized carbons (Fsp3) is 0.158. The van der Waals surface area contributed by atoms with Crippen molar-refractivity contribution in [2.45, 2.75) is 6.18 Å². The molecule has 0 atom stereocenters.